The molecule has 5 rings (SSSR count). The van der Waals surface area contributed by atoms with E-state index in [1.807, 2.05) is 82.6 Å². The van der Waals surface area contributed by atoms with Gasteiger partial charge < -0.3 is 5.32 Å². The Morgan fingerprint density at radius 1 is 1.03 bits per heavy atom. The van der Waals surface area contributed by atoms with Crippen molar-refractivity contribution in [2.45, 2.75) is 12.1 Å². The van der Waals surface area contributed by atoms with Crippen LogP contribution in [0.4, 0.5) is 5.13 Å². The van der Waals surface area contributed by atoms with Gasteiger partial charge in [0.05, 0.1) is 11.4 Å². The summed E-state index contributed by atoms with van der Waals surface area (Å²) in [5.41, 5.74) is 3.95. The summed E-state index contributed by atoms with van der Waals surface area (Å²) in [5, 5.41) is 14.7. The third kappa shape index (κ3) is 4.71. The molecule has 0 unspecified atom stereocenters. The lowest BCUT2D eigenvalue weighted by atomic mass is 10.1. The molecular weight excluding hydrogens is 454 g/mol. The van der Waals surface area contributed by atoms with Crippen LogP contribution in [0.3, 0.4) is 0 Å². The predicted octanol–water partition coefficient (Wildman–Crippen LogP) is 4.62. The van der Waals surface area contributed by atoms with Crippen molar-refractivity contribution in [3.8, 4) is 22.6 Å². The molecule has 4 aromatic heterocycles. The fraction of sp³-hybridized carbons (Fsp3) is 0.0870. The molecule has 0 bridgehead atoms. The van der Waals surface area contributed by atoms with Gasteiger partial charge in [-0.3, -0.25) is 14.5 Å². The second kappa shape index (κ2) is 9.39. The number of amides is 1. The van der Waals surface area contributed by atoms with E-state index in [9.17, 15) is 4.79 Å². The first-order chi connectivity index (χ1) is 16.2. The summed E-state index contributed by atoms with van der Waals surface area (Å²) in [6, 6.07) is 15.7. The quantitative estimate of drug-likeness (QED) is 0.347. The zero-order chi connectivity index (χ0) is 22.6. The average molecular weight is 474 g/mol. The Morgan fingerprint density at radius 3 is 2.55 bits per heavy atom. The van der Waals surface area contributed by atoms with Gasteiger partial charge in [-0.15, -0.1) is 21.5 Å². The maximum atomic E-state index is 12.6. The van der Waals surface area contributed by atoms with Crippen LogP contribution in [0.2, 0.25) is 0 Å². The lowest BCUT2D eigenvalue weighted by Gasteiger charge is -2.11. The molecule has 0 saturated heterocycles. The lowest BCUT2D eigenvalue weighted by Crippen LogP contribution is -2.15. The van der Waals surface area contributed by atoms with E-state index in [4.69, 9.17) is 0 Å². The number of rotatable bonds is 7. The van der Waals surface area contributed by atoms with Crippen LogP contribution in [0.1, 0.15) is 5.56 Å². The summed E-state index contributed by atoms with van der Waals surface area (Å²) in [5.74, 6) is 0.686. The number of aryl methyl sites for hydroxylation is 1. The molecule has 0 radical (unpaired) electrons. The van der Waals surface area contributed by atoms with E-state index in [1.54, 1.807) is 12.4 Å². The van der Waals surface area contributed by atoms with Gasteiger partial charge in [-0.05, 0) is 31.2 Å². The van der Waals surface area contributed by atoms with Gasteiger partial charge in [0.25, 0.3) is 0 Å². The number of pyridine rings is 1. The number of nitrogens with one attached hydrogen (secondary N) is 1. The molecule has 5 aromatic rings. The molecule has 0 atom stereocenters. The Labute approximate surface area is 198 Å². The van der Waals surface area contributed by atoms with Gasteiger partial charge in [0, 0.05) is 41.3 Å². The molecule has 1 amide bonds. The Balaban J connectivity index is 1.29. The van der Waals surface area contributed by atoms with Gasteiger partial charge in [0.2, 0.25) is 11.1 Å². The molecule has 0 fully saturated rings. The maximum Gasteiger partial charge on any atom is 0.236 e. The number of thioether (sulfide) groups is 1. The molecule has 8 nitrogen and oxygen atoms in total. The summed E-state index contributed by atoms with van der Waals surface area (Å²) in [4.78, 5) is 21.2. The Morgan fingerprint density at radius 2 is 1.79 bits per heavy atom. The van der Waals surface area contributed by atoms with Crippen molar-refractivity contribution in [3.05, 3.63) is 84.3 Å². The number of hydrogen-bond donors (Lipinski definition) is 1. The standard InChI is InChI=1S/C23H19N7OS2/c1-16-4-6-17(7-5-16)19-14-32-22(25-19)26-20(31)15-33-23-28-27-21(18-8-10-24-11-9-18)30(23)29-12-2-3-13-29/h2-14H,15H2,1H3,(H,25,26,31). The highest BCUT2D eigenvalue weighted by Gasteiger charge is 2.17. The van der Waals surface area contributed by atoms with E-state index in [0.717, 1.165) is 16.8 Å². The molecule has 1 aromatic carbocycles. The first-order valence-corrected chi connectivity index (χ1v) is 12.0. The third-order valence-electron chi connectivity index (χ3n) is 4.80. The molecule has 0 saturated carbocycles. The fourth-order valence-electron chi connectivity index (χ4n) is 3.18. The number of hydrogen-bond acceptors (Lipinski definition) is 7. The van der Waals surface area contributed by atoms with Crippen LogP contribution in [0.15, 0.2) is 83.9 Å². The van der Waals surface area contributed by atoms with Crippen LogP contribution in [-0.4, -0.2) is 41.2 Å². The summed E-state index contributed by atoms with van der Waals surface area (Å²) in [6.07, 6.45) is 7.23. The Bertz CT molecular complexity index is 1360. The molecule has 0 aliphatic heterocycles. The molecule has 33 heavy (non-hydrogen) atoms. The molecule has 4 heterocycles. The SMILES string of the molecule is Cc1ccc(-c2csc(NC(=O)CSc3nnc(-c4ccncc4)n3-n3cccc3)n2)cc1. The zero-order valence-corrected chi connectivity index (χ0v) is 19.3. The van der Waals surface area contributed by atoms with Gasteiger partial charge in [-0.25, -0.2) is 9.66 Å². The number of carbonyl (C=O) groups excluding carboxylic acids is 1. The van der Waals surface area contributed by atoms with E-state index >= 15 is 0 Å². The highest BCUT2D eigenvalue weighted by Crippen LogP contribution is 2.27. The molecule has 0 aliphatic carbocycles. The van der Waals surface area contributed by atoms with Gasteiger partial charge >= 0.3 is 0 Å². The van der Waals surface area contributed by atoms with Crippen LogP contribution >= 0.6 is 23.1 Å². The van der Waals surface area contributed by atoms with Crippen molar-refractivity contribution in [1.82, 2.24) is 29.5 Å². The molecule has 0 spiro atoms. The van der Waals surface area contributed by atoms with Crippen molar-refractivity contribution < 1.29 is 4.79 Å². The van der Waals surface area contributed by atoms with E-state index in [1.165, 1.54) is 28.7 Å². The summed E-state index contributed by atoms with van der Waals surface area (Å²) < 4.78 is 3.75. The number of thiazole rings is 1. The van der Waals surface area contributed by atoms with E-state index in [2.05, 4.69) is 25.5 Å². The van der Waals surface area contributed by atoms with Crippen molar-refractivity contribution in [1.29, 1.82) is 0 Å². The number of carbonyl (C=O) groups is 1. The van der Waals surface area contributed by atoms with Crippen molar-refractivity contribution in [2.24, 2.45) is 0 Å². The number of anilines is 1. The molecule has 0 aliphatic rings. The number of aromatic nitrogens is 6. The minimum absolute atomic E-state index is 0.155. The van der Waals surface area contributed by atoms with Crippen LogP contribution in [0.5, 0.6) is 0 Å². The highest BCUT2D eigenvalue weighted by molar-refractivity contribution is 7.99. The van der Waals surface area contributed by atoms with Gasteiger partial charge in [-0.2, -0.15) is 0 Å². The van der Waals surface area contributed by atoms with Gasteiger partial charge in [0.15, 0.2) is 11.0 Å². The third-order valence-corrected chi connectivity index (χ3v) is 6.48. The van der Waals surface area contributed by atoms with E-state index < -0.39 is 0 Å². The number of benzene rings is 1. The zero-order valence-electron chi connectivity index (χ0n) is 17.6. The second-order valence-electron chi connectivity index (χ2n) is 7.16. The van der Waals surface area contributed by atoms with Crippen LogP contribution in [-0.2, 0) is 4.79 Å². The molecular formula is C23H19N7OS2. The average Bonchev–Trinajstić information content (AvgIpc) is 3.59. The van der Waals surface area contributed by atoms with Gasteiger partial charge in [0.1, 0.15) is 0 Å². The van der Waals surface area contributed by atoms with Crippen molar-refractivity contribution in [3.63, 3.8) is 0 Å². The topological polar surface area (TPSA) is 90.5 Å². The summed E-state index contributed by atoms with van der Waals surface area (Å²) >= 11 is 2.72. The summed E-state index contributed by atoms with van der Waals surface area (Å²) in [6.45, 7) is 2.05. The van der Waals surface area contributed by atoms with E-state index in [0.29, 0.717) is 16.1 Å². The Kier molecular flexibility index (Phi) is 6.01. The van der Waals surface area contributed by atoms with Crippen molar-refractivity contribution in [2.75, 3.05) is 11.1 Å². The minimum Gasteiger partial charge on any atom is -0.301 e. The minimum atomic E-state index is -0.155. The normalized spacial score (nSPS) is 10.9. The largest absolute Gasteiger partial charge is 0.301 e. The van der Waals surface area contributed by atoms with Crippen LogP contribution < -0.4 is 5.32 Å². The van der Waals surface area contributed by atoms with E-state index in [-0.39, 0.29) is 11.7 Å². The smallest absolute Gasteiger partial charge is 0.236 e. The monoisotopic (exact) mass is 473 g/mol. The van der Waals surface area contributed by atoms with Crippen LogP contribution in [0, 0.1) is 6.92 Å². The Hall–Kier alpha value is -3.76. The number of nitrogens with zero attached hydrogens (tertiary/aromatic N) is 6. The molecule has 164 valence electrons. The first kappa shape index (κ1) is 21.1. The summed E-state index contributed by atoms with van der Waals surface area (Å²) in [7, 11) is 0. The fourth-order valence-corrected chi connectivity index (χ4v) is 4.65. The van der Waals surface area contributed by atoms with Crippen molar-refractivity contribution >= 4 is 34.1 Å². The van der Waals surface area contributed by atoms with Gasteiger partial charge in [-0.1, -0.05) is 41.6 Å². The second-order valence-corrected chi connectivity index (χ2v) is 8.96. The maximum absolute atomic E-state index is 12.6. The lowest BCUT2D eigenvalue weighted by molar-refractivity contribution is -0.113. The van der Waals surface area contributed by atoms with Crippen LogP contribution in [0.25, 0.3) is 22.6 Å². The molecule has 1 N–H and O–H groups in total. The highest BCUT2D eigenvalue weighted by atomic mass is 32.2. The first-order valence-electron chi connectivity index (χ1n) is 10.1. The predicted molar refractivity (Wildman–Crippen MR) is 130 cm³/mol. The molecule has 10 heteroatoms.